The van der Waals surface area contributed by atoms with E-state index in [1.54, 1.807) is 0 Å². The van der Waals surface area contributed by atoms with Gasteiger partial charge in [0.25, 0.3) is 5.91 Å². The van der Waals surface area contributed by atoms with Gasteiger partial charge in [-0.15, -0.1) is 0 Å². The van der Waals surface area contributed by atoms with E-state index in [1.165, 1.54) is 10.9 Å². The summed E-state index contributed by atoms with van der Waals surface area (Å²) in [5, 5.41) is 4.36. The smallest absolute Gasteiger partial charge is 0.260 e. The molecule has 1 atom stereocenters. The molecule has 2 heterocycles. The maximum absolute atomic E-state index is 12.7. The van der Waals surface area contributed by atoms with Crippen molar-refractivity contribution >= 4 is 22.7 Å². The van der Waals surface area contributed by atoms with Gasteiger partial charge in [-0.2, -0.15) is 0 Å². The zero-order valence-corrected chi connectivity index (χ0v) is 18.2. The van der Waals surface area contributed by atoms with Crippen molar-refractivity contribution in [1.82, 2.24) is 15.2 Å². The number of amides is 2. The monoisotopic (exact) mass is 431 g/mol. The lowest BCUT2D eigenvalue weighted by Gasteiger charge is -2.32. The second-order valence-electron chi connectivity index (χ2n) is 9.00. The van der Waals surface area contributed by atoms with Crippen LogP contribution in [0, 0.1) is 11.3 Å². The van der Waals surface area contributed by atoms with Gasteiger partial charge in [-0.05, 0) is 54.9 Å². The highest BCUT2D eigenvalue weighted by Gasteiger charge is 2.58. The van der Waals surface area contributed by atoms with Crippen LogP contribution in [0.1, 0.15) is 24.8 Å². The van der Waals surface area contributed by atoms with E-state index in [1.807, 2.05) is 53.6 Å². The van der Waals surface area contributed by atoms with Gasteiger partial charge in [-0.1, -0.05) is 36.4 Å². The fraction of sp³-hybridized carbons (Fsp3) is 0.385. The van der Waals surface area contributed by atoms with Crippen LogP contribution in [0.15, 0.2) is 60.8 Å². The summed E-state index contributed by atoms with van der Waals surface area (Å²) in [5.41, 5.74) is 2.45. The molecule has 0 radical (unpaired) electrons. The molecule has 1 aliphatic carbocycles. The van der Waals surface area contributed by atoms with Crippen molar-refractivity contribution in [2.24, 2.45) is 11.3 Å². The van der Waals surface area contributed by atoms with Gasteiger partial charge in [0, 0.05) is 42.7 Å². The number of hydrogen-bond donors (Lipinski definition) is 2. The van der Waals surface area contributed by atoms with Gasteiger partial charge < -0.3 is 19.9 Å². The van der Waals surface area contributed by atoms with E-state index in [0.717, 1.165) is 31.2 Å². The highest BCUT2D eigenvalue weighted by Crippen LogP contribution is 2.59. The fourth-order valence-electron chi connectivity index (χ4n) is 5.01. The molecule has 166 valence electrons. The van der Waals surface area contributed by atoms with Gasteiger partial charge in [-0.25, -0.2) is 0 Å². The van der Waals surface area contributed by atoms with Gasteiger partial charge in [0.1, 0.15) is 5.75 Å². The summed E-state index contributed by atoms with van der Waals surface area (Å²) in [5.74, 6) is 0.977. The number of ether oxygens (including phenoxy) is 1. The Balaban J connectivity index is 1.05. The van der Waals surface area contributed by atoms with Crippen molar-refractivity contribution in [3.8, 4) is 5.75 Å². The van der Waals surface area contributed by atoms with Crippen molar-refractivity contribution < 1.29 is 14.3 Å². The number of fused-ring (bicyclic) bond motifs is 1. The molecule has 2 fully saturated rings. The number of para-hydroxylation sites is 2. The van der Waals surface area contributed by atoms with E-state index in [2.05, 4.69) is 22.4 Å². The molecule has 5 rings (SSSR count). The molecule has 32 heavy (non-hydrogen) atoms. The third-order valence-corrected chi connectivity index (χ3v) is 7.09. The van der Waals surface area contributed by atoms with E-state index < -0.39 is 0 Å². The summed E-state index contributed by atoms with van der Waals surface area (Å²) < 4.78 is 5.59. The van der Waals surface area contributed by atoms with Crippen LogP contribution in [-0.2, 0) is 16.0 Å². The number of benzene rings is 2. The molecular formula is C26H29N3O3. The highest BCUT2D eigenvalue weighted by molar-refractivity contribution is 5.84. The number of nitrogens with zero attached hydrogens (tertiary/aromatic N) is 1. The maximum atomic E-state index is 12.7. The van der Waals surface area contributed by atoms with Crippen LogP contribution in [0.2, 0.25) is 0 Å². The molecule has 3 aromatic rings. The third-order valence-electron chi connectivity index (χ3n) is 7.09. The van der Waals surface area contributed by atoms with Crippen molar-refractivity contribution in [3.05, 3.63) is 66.4 Å². The summed E-state index contributed by atoms with van der Waals surface area (Å²) in [6.45, 7) is 2.12. The van der Waals surface area contributed by atoms with Crippen molar-refractivity contribution in [3.63, 3.8) is 0 Å². The first-order valence-electron chi connectivity index (χ1n) is 11.4. The number of H-pyrrole nitrogens is 1. The molecule has 1 aliphatic heterocycles. The summed E-state index contributed by atoms with van der Waals surface area (Å²) in [6, 6.07) is 17.6. The Kier molecular flexibility index (Phi) is 5.60. The third kappa shape index (κ3) is 4.22. The first-order valence-corrected chi connectivity index (χ1v) is 11.4. The SMILES string of the molecule is O=C(NCCc1c[nH]c2ccccc12)C1CC12CCN(C(=O)COc1ccccc1)CC2. The highest BCUT2D eigenvalue weighted by atomic mass is 16.5. The number of carbonyl (C=O) groups excluding carboxylic acids is 2. The van der Waals surface area contributed by atoms with E-state index >= 15 is 0 Å². The Morgan fingerprint density at radius 1 is 1.06 bits per heavy atom. The van der Waals surface area contributed by atoms with E-state index in [4.69, 9.17) is 4.74 Å². The predicted octanol–water partition coefficient (Wildman–Crippen LogP) is 3.53. The average molecular weight is 432 g/mol. The molecule has 1 saturated heterocycles. The fourth-order valence-corrected chi connectivity index (χ4v) is 5.01. The standard InChI is InChI=1S/C26H29N3O3/c30-24(18-32-20-6-2-1-3-7-20)29-14-11-26(12-15-29)16-22(26)25(31)27-13-10-19-17-28-23-9-5-4-8-21(19)23/h1-9,17,22,28H,10-16,18H2,(H,27,31). The van der Waals surface area contributed by atoms with Crippen LogP contribution in [0.25, 0.3) is 10.9 Å². The Bertz CT molecular complexity index is 1100. The zero-order valence-electron chi connectivity index (χ0n) is 18.2. The predicted molar refractivity (Wildman–Crippen MR) is 123 cm³/mol. The van der Waals surface area contributed by atoms with Crippen LogP contribution >= 0.6 is 0 Å². The number of rotatable bonds is 7. The molecule has 2 aromatic carbocycles. The minimum Gasteiger partial charge on any atom is -0.484 e. The Labute approximate surface area is 187 Å². The summed E-state index contributed by atoms with van der Waals surface area (Å²) in [7, 11) is 0. The largest absolute Gasteiger partial charge is 0.484 e. The molecule has 1 spiro atoms. The first kappa shape index (κ1) is 20.6. The minimum atomic E-state index is 0.0177. The molecule has 2 N–H and O–H groups in total. The van der Waals surface area contributed by atoms with Crippen LogP contribution in [-0.4, -0.2) is 47.9 Å². The summed E-state index contributed by atoms with van der Waals surface area (Å²) >= 11 is 0. The van der Waals surface area contributed by atoms with Crippen LogP contribution in [0.4, 0.5) is 0 Å². The molecule has 2 aliphatic rings. The molecule has 0 bridgehead atoms. The van der Waals surface area contributed by atoms with Gasteiger partial charge in [0.2, 0.25) is 5.91 Å². The lowest BCUT2D eigenvalue weighted by atomic mass is 9.90. The maximum Gasteiger partial charge on any atom is 0.260 e. The molecular weight excluding hydrogens is 402 g/mol. The number of aromatic nitrogens is 1. The van der Waals surface area contributed by atoms with Crippen LogP contribution < -0.4 is 10.1 Å². The summed E-state index contributed by atoms with van der Waals surface area (Å²) in [6.07, 6.45) is 5.58. The lowest BCUT2D eigenvalue weighted by molar-refractivity contribution is -0.135. The number of aromatic amines is 1. The Hall–Kier alpha value is -3.28. The van der Waals surface area contributed by atoms with E-state index in [-0.39, 0.29) is 29.8 Å². The second-order valence-corrected chi connectivity index (χ2v) is 9.00. The average Bonchev–Trinajstić information content (AvgIpc) is 3.38. The Morgan fingerprint density at radius 3 is 2.62 bits per heavy atom. The van der Waals surface area contributed by atoms with Gasteiger partial charge in [0.05, 0.1) is 0 Å². The number of carbonyl (C=O) groups is 2. The molecule has 2 amide bonds. The van der Waals surface area contributed by atoms with Gasteiger partial charge >= 0.3 is 0 Å². The molecule has 1 unspecified atom stereocenters. The molecule has 6 heteroatoms. The number of likely N-dealkylation sites (tertiary alicyclic amines) is 1. The number of hydrogen-bond acceptors (Lipinski definition) is 3. The van der Waals surface area contributed by atoms with Crippen molar-refractivity contribution in [1.29, 1.82) is 0 Å². The van der Waals surface area contributed by atoms with Crippen molar-refractivity contribution in [2.45, 2.75) is 25.7 Å². The number of nitrogens with one attached hydrogen (secondary N) is 2. The molecule has 1 aromatic heterocycles. The van der Waals surface area contributed by atoms with Crippen LogP contribution in [0.3, 0.4) is 0 Å². The quantitative estimate of drug-likeness (QED) is 0.601. The first-order chi connectivity index (χ1) is 15.6. The normalized spacial score (nSPS) is 19.1. The Morgan fingerprint density at radius 2 is 1.81 bits per heavy atom. The minimum absolute atomic E-state index is 0.0177. The number of piperidine rings is 1. The van der Waals surface area contributed by atoms with Gasteiger partial charge in [0.15, 0.2) is 6.61 Å². The lowest BCUT2D eigenvalue weighted by Crippen LogP contribution is -2.42. The van der Waals surface area contributed by atoms with Crippen molar-refractivity contribution in [2.75, 3.05) is 26.2 Å². The molecule has 6 nitrogen and oxygen atoms in total. The van der Waals surface area contributed by atoms with Crippen LogP contribution in [0.5, 0.6) is 5.75 Å². The zero-order chi connectivity index (χ0) is 22.0. The van der Waals surface area contributed by atoms with E-state index in [9.17, 15) is 9.59 Å². The topological polar surface area (TPSA) is 74.4 Å². The van der Waals surface area contributed by atoms with E-state index in [0.29, 0.717) is 25.4 Å². The molecule has 1 saturated carbocycles. The van der Waals surface area contributed by atoms with Gasteiger partial charge in [-0.3, -0.25) is 9.59 Å². The summed E-state index contributed by atoms with van der Waals surface area (Å²) in [4.78, 5) is 30.4. The second kappa shape index (κ2) is 8.69.